The van der Waals surface area contributed by atoms with Crippen LogP contribution in [0.2, 0.25) is 0 Å². The number of hydrogen-bond acceptors (Lipinski definition) is 1. The molecule has 17 heavy (non-hydrogen) atoms. The zero-order valence-electron chi connectivity index (χ0n) is 10.1. The fourth-order valence-electron chi connectivity index (χ4n) is 2.35. The SMILES string of the molecule is C[C@H](NC(=O)C1CCCC1)c1ccc(Br)cc1. The first-order valence-electron chi connectivity index (χ1n) is 6.22. The average molecular weight is 296 g/mol. The lowest BCUT2D eigenvalue weighted by Gasteiger charge is -2.17. The van der Waals surface area contributed by atoms with Gasteiger partial charge in [0.05, 0.1) is 6.04 Å². The fraction of sp³-hybridized carbons (Fsp3) is 0.500. The van der Waals surface area contributed by atoms with E-state index in [1.807, 2.05) is 31.2 Å². The van der Waals surface area contributed by atoms with E-state index in [1.165, 1.54) is 12.8 Å². The molecule has 1 amide bonds. The van der Waals surface area contributed by atoms with Crippen molar-refractivity contribution in [3.8, 4) is 0 Å². The molecule has 1 aliphatic carbocycles. The second-order valence-corrected chi connectivity index (χ2v) is 5.68. The van der Waals surface area contributed by atoms with Crippen LogP contribution in [0.15, 0.2) is 28.7 Å². The molecule has 3 heteroatoms. The molecule has 0 aliphatic heterocycles. The lowest BCUT2D eigenvalue weighted by atomic mass is 10.0. The van der Waals surface area contributed by atoms with Crippen LogP contribution in [0, 0.1) is 5.92 Å². The molecule has 1 N–H and O–H groups in total. The molecule has 0 heterocycles. The molecule has 1 atom stereocenters. The summed E-state index contributed by atoms with van der Waals surface area (Å²) in [5.74, 6) is 0.464. The summed E-state index contributed by atoms with van der Waals surface area (Å²) in [5.41, 5.74) is 1.15. The summed E-state index contributed by atoms with van der Waals surface area (Å²) in [6, 6.07) is 8.20. The zero-order valence-corrected chi connectivity index (χ0v) is 11.7. The maximum atomic E-state index is 12.0. The highest BCUT2D eigenvalue weighted by atomic mass is 79.9. The van der Waals surface area contributed by atoms with E-state index in [9.17, 15) is 4.79 Å². The predicted molar refractivity (Wildman–Crippen MR) is 72.7 cm³/mol. The molecule has 0 unspecified atom stereocenters. The van der Waals surface area contributed by atoms with Gasteiger partial charge < -0.3 is 5.32 Å². The molecule has 1 aromatic rings. The molecule has 0 bridgehead atoms. The smallest absolute Gasteiger partial charge is 0.223 e. The van der Waals surface area contributed by atoms with Gasteiger partial charge in [-0.2, -0.15) is 0 Å². The maximum absolute atomic E-state index is 12.0. The third-order valence-corrected chi connectivity index (χ3v) is 3.98. The van der Waals surface area contributed by atoms with Gasteiger partial charge in [0.1, 0.15) is 0 Å². The topological polar surface area (TPSA) is 29.1 Å². The highest BCUT2D eigenvalue weighted by Crippen LogP contribution is 2.26. The summed E-state index contributed by atoms with van der Waals surface area (Å²) in [6.45, 7) is 2.04. The predicted octanol–water partition coefficient (Wildman–Crippen LogP) is 3.82. The minimum Gasteiger partial charge on any atom is -0.349 e. The first kappa shape index (κ1) is 12.6. The number of benzene rings is 1. The van der Waals surface area contributed by atoms with Crippen LogP contribution in [-0.2, 0) is 4.79 Å². The molecular weight excluding hydrogens is 278 g/mol. The molecule has 1 fully saturated rings. The van der Waals surface area contributed by atoms with Crippen LogP contribution in [0.5, 0.6) is 0 Å². The van der Waals surface area contributed by atoms with E-state index in [0.29, 0.717) is 0 Å². The Labute approximate surface area is 111 Å². The Kier molecular flexibility index (Phi) is 4.21. The van der Waals surface area contributed by atoms with Crippen molar-refractivity contribution in [1.29, 1.82) is 0 Å². The van der Waals surface area contributed by atoms with Crippen LogP contribution in [-0.4, -0.2) is 5.91 Å². The Balaban J connectivity index is 1.93. The van der Waals surface area contributed by atoms with E-state index in [2.05, 4.69) is 21.2 Å². The van der Waals surface area contributed by atoms with Crippen LogP contribution >= 0.6 is 15.9 Å². The number of nitrogens with one attached hydrogen (secondary N) is 1. The van der Waals surface area contributed by atoms with Gasteiger partial charge in [0.2, 0.25) is 5.91 Å². The van der Waals surface area contributed by atoms with Crippen molar-refractivity contribution >= 4 is 21.8 Å². The van der Waals surface area contributed by atoms with Crippen molar-refractivity contribution < 1.29 is 4.79 Å². The average Bonchev–Trinajstić information content (AvgIpc) is 2.83. The summed E-state index contributed by atoms with van der Waals surface area (Å²) in [7, 11) is 0. The number of carbonyl (C=O) groups excluding carboxylic acids is 1. The monoisotopic (exact) mass is 295 g/mol. The first-order chi connectivity index (χ1) is 8.16. The number of carbonyl (C=O) groups is 1. The van der Waals surface area contributed by atoms with E-state index in [4.69, 9.17) is 0 Å². The number of hydrogen-bond donors (Lipinski definition) is 1. The molecule has 0 spiro atoms. The van der Waals surface area contributed by atoms with Crippen LogP contribution in [0.1, 0.15) is 44.2 Å². The maximum Gasteiger partial charge on any atom is 0.223 e. The summed E-state index contributed by atoms with van der Waals surface area (Å²) < 4.78 is 1.07. The third kappa shape index (κ3) is 3.32. The largest absolute Gasteiger partial charge is 0.349 e. The third-order valence-electron chi connectivity index (χ3n) is 3.45. The second-order valence-electron chi connectivity index (χ2n) is 4.76. The summed E-state index contributed by atoms with van der Waals surface area (Å²) in [4.78, 5) is 12.0. The van der Waals surface area contributed by atoms with Gasteiger partial charge in [-0.05, 0) is 37.5 Å². The quantitative estimate of drug-likeness (QED) is 0.902. The number of halogens is 1. The molecular formula is C14H18BrNO. The molecule has 1 saturated carbocycles. The Morgan fingerprint density at radius 3 is 2.47 bits per heavy atom. The van der Waals surface area contributed by atoms with Gasteiger partial charge in [0.15, 0.2) is 0 Å². The summed E-state index contributed by atoms with van der Waals surface area (Å²) >= 11 is 3.41. The van der Waals surface area contributed by atoms with Gasteiger partial charge in [0, 0.05) is 10.4 Å². The zero-order chi connectivity index (χ0) is 12.3. The van der Waals surface area contributed by atoms with Crippen LogP contribution in [0.25, 0.3) is 0 Å². The van der Waals surface area contributed by atoms with Crippen molar-refractivity contribution in [2.45, 2.75) is 38.6 Å². The van der Waals surface area contributed by atoms with Crippen LogP contribution < -0.4 is 5.32 Å². The molecule has 0 radical (unpaired) electrons. The van der Waals surface area contributed by atoms with Crippen LogP contribution in [0.4, 0.5) is 0 Å². The van der Waals surface area contributed by atoms with E-state index in [0.717, 1.165) is 22.9 Å². The minimum absolute atomic E-state index is 0.0937. The lowest BCUT2D eigenvalue weighted by molar-refractivity contribution is -0.125. The van der Waals surface area contributed by atoms with E-state index >= 15 is 0 Å². The Hall–Kier alpha value is -0.830. The van der Waals surface area contributed by atoms with E-state index in [-0.39, 0.29) is 17.9 Å². The molecule has 92 valence electrons. The van der Waals surface area contributed by atoms with E-state index in [1.54, 1.807) is 0 Å². The van der Waals surface area contributed by atoms with Gasteiger partial charge in [-0.3, -0.25) is 4.79 Å². The Morgan fingerprint density at radius 1 is 1.29 bits per heavy atom. The summed E-state index contributed by atoms with van der Waals surface area (Å²) in [5, 5.41) is 3.10. The molecule has 1 aromatic carbocycles. The fourth-order valence-corrected chi connectivity index (χ4v) is 2.62. The van der Waals surface area contributed by atoms with Crippen molar-refractivity contribution in [3.05, 3.63) is 34.3 Å². The van der Waals surface area contributed by atoms with Crippen molar-refractivity contribution in [2.75, 3.05) is 0 Å². The Morgan fingerprint density at radius 2 is 1.88 bits per heavy atom. The number of amides is 1. The standard InChI is InChI=1S/C14H18BrNO/c1-10(11-6-8-13(15)9-7-11)16-14(17)12-4-2-3-5-12/h6-10,12H,2-5H2,1H3,(H,16,17)/t10-/m0/s1. The molecule has 2 rings (SSSR count). The lowest BCUT2D eigenvalue weighted by Crippen LogP contribution is -2.31. The molecule has 2 nitrogen and oxygen atoms in total. The first-order valence-corrected chi connectivity index (χ1v) is 7.02. The highest BCUT2D eigenvalue weighted by molar-refractivity contribution is 9.10. The van der Waals surface area contributed by atoms with Gasteiger partial charge in [-0.1, -0.05) is 40.9 Å². The van der Waals surface area contributed by atoms with Gasteiger partial charge in [0.25, 0.3) is 0 Å². The van der Waals surface area contributed by atoms with Crippen molar-refractivity contribution in [2.24, 2.45) is 5.92 Å². The number of rotatable bonds is 3. The van der Waals surface area contributed by atoms with E-state index < -0.39 is 0 Å². The minimum atomic E-state index is 0.0937. The van der Waals surface area contributed by atoms with Gasteiger partial charge in [-0.25, -0.2) is 0 Å². The van der Waals surface area contributed by atoms with Gasteiger partial charge in [-0.15, -0.1) is 0 Å². The Bertz CT molecular complexity index is 382. The molecule has 1 aliphatic rings. The van der Waals surface area contributed by atoms with Crippen molar-refractivity contribution in [1.82, 2.24) is 5.32 Å². The second kappa shape index (κ2) is 5.67. The highest BCUT2D eigenvalue weighted by Gasteiger charge is 2.23. The molecule has 0 saturated heterocycles. The van der Waals surface area contributed by atoms with Crippen molar-refractivity contribution in [3.63, 3.8) is 0 Å². The van der Waals surface area contributed by atoms with Gasteiger partial charge >= 0.3 is 0 Å². The summed E-state index contributed by atoms with van der Waals surface area (Å²) in [6.07, 6.45) is 4.51. The van der Waals surface area contributed by atoms with Crippen LogP contribution in [0.3, 0.4) is 0 Å². The molecule has 0 aromatic heterocycles. The normalized spacial score (nSPS) is 18.0.